The topological polar surface area (TPSA) is 252 Å². The molecule has 0 atom stereocenters. The van der Waals surface area contributed by atoms with E-state index >= 15 is 0 Å². The maximum Gasteiger partial charge on any atom is 0.408 e. The van der Waals surface area contributed by atoms with E-state index in [2.05, 4.69) is 40.5 Å². The normalized spacial score (nSPS) is 10.6. The average Bonchev–Trinajstić information content (AvgIpc) is 3.11. The Morgan fingerprint density at radius 2 is 1.15 bits per heavy atom. The molecule has 2 heterocycles. The second-order valence-electron chi connectivity index (χ2n) is 11.9. The molecule has 288 valence electrons. The van der Waals surface area contributed by atoms with Gasteiger partial charge in [-0.25, -0.2) is 14.8 Å². The number of carbonyl (C=O) groups excluding carboxylic acids is 4. The Hall–Kier alpha value is -6.13. The highest BCUT2D eigenvalue weighted by Crippen LogP contribution is 2.24. The number of hydrogen-bond acceptors (Lipinski definition) is 15. The Kier molecular flexibility index (Phi) is 20.5. The molecule has 17 heteroatoms. The van der Waals surface area contributed by atoms with E-state index in [1.165, 1.54) is 6.92 Å². The average molecular weight is 763 g/mol. The summed E-state index contributed by atoms with van der Waals surface area (Å²) >= 11 is 0. The predicted octanol–water partition coefficient (Wildman–Crippen LogP) is 6.86. The molecule has 0 saturated carbocycles. The predicted molar refractivity (Wildman–Crippen MR) is 209 cm³/mol. The van der Waals surface area contributed by atoms with Crippen LogP contribution in [0, 0.1) is 0 Å². The maximum absolute atomic E-state index is 12.0. The van der Waals surface area contributed by atoms with Gasteiger partial charge in [0, 0.05) is 6.92 Å². The molecule has 0 bridgehead atoms. The first-order chi connectivity index (χ1) is 25.2. The second-order valence-corrected chi connectivity index (χ2v) is 11.9. The van der Waals surface area contributed by atoms with Gasteiger partial charge in [-0.15, -0.1) is 22.6 Å². The lowest BCUT2D eigenvalue weighted by Gasteiger charge is -2.19. The Balaban J connectivity index is 0.000000475. The van der Waals surface area contributed by atoms with Crippen molar-refractivity contribution in [3.8, 4) is 0 Å². The minimum atomic E-state index is -0.639. The zero-order chi connectivity index (χ0) is 39.2. The van der Waals surface area contributed by atoms with Crippen molar-refractivity contribution < 1.29 is 28.7 Å². The number of nitrogen functional groups attached to an aromatic ring is 2. The van der Waals surface area contributed by atoms with E-state index < -0.39 is 11.7 Å². The lowest BCUT2D eigenvalue weighted by molar-refractivity contribution is -0.140. The molecule has 0 saturated heterocycles. The van der Waals surface area contributed by atoms with Crippen LogP contribution in [-0.2, 0) is 36.7 Å². The number of aromatic nitrogens is 2. The Morgan fingerprint density at radius 3 is 1.50 bits per heavy atom. The van der Waals surface area contributed by atoms with Crippen molar-refractivity contribution >= 4 is 70.4 Å². The molecule has 0 aliphatic carbocycles. The number of Topliss-reactive ketones (excluding diaryl/α,β-unsaturated/α-hetero) is 2. The third-order valence-corrected chi connectivity index (χ3v) is 6.14. The number of nitrogens with two attached hydrogens (primary N) is 3. The molecule has 4 rings (SSSR count). The number of carbonyl (C=O) groups is 4. The van der Waals surface area contributed by atoms with E-state index in [-0.39, 0.29) is 67.5 Å². The number of nitrogens with zero attached hydrogens (tertiary/aromatic N) is 6. The van der Waals surface area contributed by atoms with Crippen LogP contribution in [0.3, 0.4) is 0 Å². The van der Waals surface area contributed by atoms with E-state index in [9.17, 15) is 19.2 Å². The summed E-state index contributed by atoms with van der Waals surface area (Å²) in [7, 11) is 0. The summed E-state index contributed by atoms with van der Waals surface area (Å²) in [5.74, 6) is -0.0911. The number of halogens is 1. The van der Waals surface area contributed by atoms with Gasteiger partial charge in [0.25, 0.3) is 0 Å². The smallest absolute Gasteiger partial charge is 0.408 e. The summed E-state index contributed by atoms with van der Waals surface area (Å²) in [6, 6.07) is 25.2. The minimum Gasteiger partial charge on any atom is -0.466 e. The molecule has 1 amide bonds. The molecule has 0 aliphatic rings. The Labute approximate surface area is 320 Å². The fraction of sp³-hybridized carbons (Fsp3) is 0.297. The molecule has 2 aromatic heterocycles. The van der Waals surface area contributed by atoms with Gasteiger partial charge in [0.15, 0.2) is 23.2 Å². The number of esters is 1. The summed E-state index contributed by atoms with van der Waals surface area (Å²) in [4.78, 5) is 52.9. The standard InChI is InChI=1S/C19H23N5O3.C14H15N5O.C4H8O2.ClH/c1-19(2,3)27-18(26)21-12-15(25)11-14-9-10-16(17(20)22-14)24-23-13-7-5-4-6-8-13;15-9-12(20)8-11-6-7-13(14(16)17-11)19-18-10-4-2-1-3-5-10;1-3-6-4(2)5;/h4-10H,11-12H2,1-3H3,(H2,20,22)(H,21,26);1-7H,8-9,15H2,(H2,16,17);3H2,1-2H3;1H. The van der Waals surface area contributed by atoms with Crippen LogP contribution in [0.25, 0.3) is 0 Å². The highest BCUT2D eigenvalue weighted by molar-refractivity contribution is 5.86. The van der Waals surface area contributed by atoms with Gasteiger partial charge in [0.2, 0.25) is 0 Å². The van der Waals surface area contributed by atoms with E-state index in [4.69, 9.17) is 21.9 Å². The van der Waals surface area contributed by atoms with Gasteiger partial charge in [-0.3, -0.25) is 14.4 Å². The first kappa shape index (κ1) is 45.9. The second kappa shape index (κ2) is 24.2. The zero-order valence-corrected chi connectivity index (χ0v) is 31.7. The molecular weight excluding hydrogens is 716 g/mol. The zero-order valence-electron chi connectivity index (χ0n) is 30.9. The van der Waals surface area contributed by atoms with E-state index in [1.54, 1.807) is 52.0 Å². The van der Waals surface area contributed by atoms with Gasteiger partial charge >= 0.3 is 12.1 Å². The van der Waals surface area contributed by atoms with Crippen molar-refractivity contribution in [3.05, 3.63) is 96.3 Å². The Bertz CT molecular complexity index is 1850. The summed E-state index contributed by atoms with van der Waals surface area (Å²) < 4.78 is 9.48. The number of anilines is 2. The van der Waals surface area contributed by atoms with Gasteiger partial charge in [-0.2, -0.15) is 10.2 Å². The van der Waals surface area contributed by atoms with Gasteiger partial charge in [-0.05, 0) is 76.2 Å². The first-order valence-electron chi connectivity index (χ1n) is 16.5. The van der Waals surface area contributed by atoms with Crippen LogP contribution in [-0.4, -0.2) is 58.9 Å². The van der Waals surface area contributed by atoms with Crippen LogP contribution < -0.4 is 22.5 Å². The maximum atomic E-state index is 12.0. The number of azo groups is 2. The number of ether oxygens (including phenoxy) is 2. The van der Waals surface area contributed by atoms with Gasteiger partial charge < -0.3 is 32.0 Å². The molecule has 4 aromatic rings. The number of ketones is 2. The Morgan fingerprint density at radius 1 is 0.704 bits per heavy atom. The van der Waals surface area contributed by atoms with Crippen LogP contribution in [0.4, 0.5) is 39.2 Å². The fourth-order valence-electron chi connectivity index (χ4n) is 3.82. The van der Waals surface area contributed by atoms with Crippen molar-refractivity contribution in [2.24, 2.45) is 26.2 Å². The number of amides is 1. The van der Waals surface area contributed by atoms with Crippen LogP contribution in [0.1, 0.15) is 46.0 Å². The van der Waals surface area contributed by atoms with Crippen LogP contribution in [0.2, 0.25) is 0 Å². The summed E-state index contributed by atoms with van der Waals surface area (Å²) in [5, 5.41) is 18.7. The van der Waals surface area contributed by atoms with Gasteiger partial charge in [0.1, 0.15) is 17.0 Å². The lowest BCUT2D eigenvalue weighted by atomic mass is 10.2. The van der Waals surface area contributed by atoms with Crippen molar-refractivity contribution in [2.45, 2.75) is 53.1 Å². The molecule has 0 fully saturated rings. The minimum absolute atomic E-state index is 0. The van der Waals surface area contributed by atoms with Crippen molar-refractivity contribution in [3.63, 3.8) is 0 Å². The highest BCUT2D eigenvalue weighted by atomic mass is 35.5. The number of benzene rings is 2. The van der Waals surface area contributed by atoms with Crippen LogP contribution >= 0.6 is 12.4 Å². The molecule has 2 aromatic carbocycles. The largest absolute Gasteiger partial charge is 0.466 e. The number of alkyl carbamates (subject to hydrolysis) is 1. The SMILES string of the molecule is CC(C)(C)OC(=O)NCC(=O)Cc1ccc(N=Nc2ccccc2)c(N)n1.CCOC(C)=O.Cl.NCC(=O)Cc1ccc(N=Nc2ccccc2)c(N)n1. The molecule has 54 heavy (non-hydrogen) atoms. The fourth-order valence-corrected chi connectivity index (χ4v) is 3.82. The van der Waals surface area contributed by atoms with Crippen molar-refractivity contribution in [1.29, 1.82) is 0 Å². The summed E-state index contributed by atoms with van der Waals surface area (Å²) in [6.07, 6.45) is -0.424. The van der Waals surface area contributed by atoms with Crippen LogP contribution in [0.15, 0.2) is 105 Å². The van der Waals surface area contributed by atoms with E-state index in [0.29, 0.717) is 35.1 Å². The molecular formula is C37H47ClN10O6. The number of rotatable bonds is 12. The summed E-state index contributed by atoms with van der Waals surface area (Å²) in [6.45, 7) is 8.75. The summed E-state index contributed by atoms with van der Waals surface area (Å²) in [5.41, 5.74) is 19.7. The monoisotopic (exact) mass is 762 g/mol. The third kappa shape index (κ3) is 19.5. The van der Waals surface area contributed by atoms with E-state index in [1.807, 2.05) is 60.7 Å². The quantitative estimate of drug-likeness (QED) is 0.0857. The third-order valence-electron chi connectivity index (χ3n) is 6.14. The van der Waals surface area contributed by atoms with Crippen LogP contribution in [0.5, 0.6) is 0 Å². The molecule has 0 unspecified atom stereocenters. The number of hydrogen-bond donors (Lipinski definition) is 4. The molecule has 0 spiro atoms. The molecule has 16 nitrogen and oxygen atoms in total. The molecule has 0 radical (unpaired) electrons. The highest BCUT2D eigenvalue weighted by Gasteiger charge is 2.17. The van der Waals surface area contributed by atoms with Gasteiger partial charge in [0.05, 0.1) is 55.3 Å². The molecule has 0 aliphatic heterocycles. The van der Waals surface area contributed by atoms with Gasteiger partial charge in [-0.1, -0.05) is 36.4 Å². The first-order valence-corrected chi connectivity index (χ1v) is 16.5. The molecule has 7 N–H and O–H groups in total. The van der Waals surface area contributed by atoms with Crippen molar-refractivity contribution in [1.82, 2.24) is 15.3 Å². The lowest BCUT2D eigenvalue weighted by Crippen LogP contribution is -2.35. The number of pyridine rings is 2. The van der Waals surface area contributed by atoms with E-state index in [0.717, 1.165) is 5.69 Å². The number of nitrogens with one attached hydrogen (secondary N) is 1. The van der Waals surface area contributed by atoms with Crippen molar-refractivity contribution in [2.75, 3.05) is 31.2 Å².